The van der Waals surface area contributed by atoms with Crippen LogP contribution < -0.4 is 10.1 Å². The monoisotopic (exact) mass is 298 g/mol. The number of ether oxygens (including phenoxy) is 1. The Morgan fingerprint density at radius 1 is 1.27 bits per heavy atom. The second-order valence-electron chi connectivity index (χ2n) is 5.41. The molecule has 0 spiro atoms. The number of nitrogens with one attached hydrogen (secondary N) is 1. The highest BCUT2D eigenvalue weighted by molar-refractivity contribution is 5.76. The van der Waals surface area contributed by atoms with E-state index in [1.165, 1.54) is 5.56 Å². The molecule has 1 amide bonds. The van der Waals surface area contributed by atoms with E-state index in [1.807, 2.05) is 50.2 Å². The summed E-state index contributed by atoms with van der Waals surface area (Å²) in [7, 11) is 0. The lowest BCUT2D eigenvalue weighted by Crippen LogP contribution is -2.33. The molecule has 0 unspecified atom stereocenters. The van der Waals surface area contributed by atoms with Gasteiger partial charge in [-0.05, 0) is 44.0 Å². The molecule has 0 saturated carbocycles. The van der Waals surface area contributed by atoms with Crippen molar-refractivity contribution in [2.45, 2.75) is 32.8 Å². The van der Waals surface area contributed by atoms with E-state index in [0.29, 0.717) is 19.4 Å². The van der Waals surface area contributed by atoms with Gasteiger partial charge in [0.1, 0.15) is 11.9 Å². The molecule has 0 fully saturated rings. The molecule has 116 valence electrons. The summed E-state index contributed by atoms with van der Waals surface area (Å²) in [6, 6.07) is 11.8. The van der Waals surface area contributed by atoms with Gasteiger partial charge in [-0.15, -0.1) is 0 Å². The van der Waals surface area contributed by atoms with E-state index in [4.69, 9.17) is 4.74 Å². The zero-order chi connectivity index (χ0) is 15.8. The highest BCUT2D eigenvalue weighted by Crippen LogP contribution is 2.13. The first-order chi connectivity index (χ1) is 10.6. The van der Waals surface area contributed by atoms with Crippen molar-refractivity contribution in [3.05, 3.63) is 59.9 Å². The van der Waals surface area contributed by atoms with Gasteiger partial charge < -0.3 is 10.1 Å². The maximum Gasteiger partial charge on any atom is 0.220 e. The van der Waals surface area contributed by atoms with Gasteiger partial charge in [0.05, 0.1) is 6.54 Å². The lowest BCUT2D eigenvalue weighted by atomic mass is 10.1. The maximum atomic E-state index is 11.8. The van der Waals surface area contributed by atoms with Crippen LogP contribution in [-0.4, -0.2) is 23.5 Å². The van der Waals surface area contributed by atoms with E-state index < -0.39 is 0 Å². The van der Waals surface area contributed by atoms with Gasteiger partial charge >= 0.3 is 0 Å². The number of rotatable bonds is 7. The van der Waals surface area contributed by atoms with Gasteiger partial charge in [0.15, 0.2) is 0 Å². The number of nitrogens with zero attached hydrogens (tertiary/aromatic N) is 1. The molecule has 0 saturated heterocycles. The molecule has 2 aromatic rings. The van der Waals surface area contributed by atoms with Crippen molar-refractivity contribution in [1.29, 1.82) is 0 Å². The molecule has 1 aromatic heterocycles. The zero-order valence-electron chi connectivity index (χ0n) is 13.1. The molecule has 0 radical (unpaired) electrons. The average Bonchev–Trinajstić information content (AvgIpc) is 2.54. The SMILES string of the molecule is Cc1ccc(O[C@@H](C)CNC(=O)CCc2cccnc2)cc1. The van der Waals surface area contributed by atoms with E-state index in [2.05, 4.69) is 10.3 Å². The summed E-state index contributed by atoms with van der Waals surface area (Å²) < 4.78 is 5.76. The van der Waals surface area contributed by atoms with Crippen molar-refractivity contribution in [3.8, 4) is 5.75 Å². The predicted octanol–water partition coefficient (Wildman–Crippen LogP) is 2.91. The van der Waals surface area contributed by atoms with Crippen molar-refractivity contribution in [2.24, 2.45) is 0 Å². The predicted molar refractivity (Wildman–Crippen MR) is 86.8 cm³/mol. The Kier molecular flexibility index (Phi) is 5.95. The first-order valence-electron chi connectivity index (χ1n) is 7.52. The van der Waals surface area contributed by atoms with Gasteiger partial charge in [0.2, 0.25) is 5.91 Å². The lowest BCUT2D eigenvalue weighted by molar-refractivity contribution is -0.121. The normalized spacial score (nSPS) is 11.7. The van der Waals surface area contributed by atoms with Crippen LogP contribution in [0.25, 0.3) is 0 Å². The van der Waals surface area contributed by atoms with Crippen LogP contribution in [0.5, 0.6) is 5.75 Å². The Labute approximate surface area is 131 Å². The highest BCUT2D eigenvalue weighted by atomic mass is 16.5. The number of carbonyl (C=O) groups is 1. The topological polar surface area (TPSA) is 51.2 Å². The maximum absolute atomic E-state index is 11.8. The molecule has 1 aromatic carbocycles. The largest absolute Gasteiger partial charge is 0.489 e. The molecule has 0 aliphatic rings. The van der Waals surface area contributed by atoms with E-state index in [1.54, 1.807) is 12.4 Å². The Hall–Kier alpha value is -2.36. The van der Waals surface area contributed by atoms with Gasteiger partial charge in [-0.25, -0.2) is 0 Å². The first-order valence-corrected chi connectivity index (χ1v) is 7.52. The second kappa shape index (κ2) is 8.17. The number of pyridine rings is 1. The summed E-state index contributed by atoms with van der Waals surface area (Å²) in [5, 5.41) is 2.90. The number of carbonyl (C=O) groups excluding carboxylic acids is 1. The number of amides is 1. The minimum atomic E-state index is -0.0648. The van der Waals surface area contributed by atoms with Crippen molar-refractivity contribution >= 4 is 5.91 Å². The number of benzene rings is 1. The van der Waals surface area contributed by atoms with Crippen LogP contribution in [-0.2, 0) is 11.2 Å². The van der Waals surface area contributed by atoms with Crippen molar-refractivity contribution in [2.75, 3.05) is 6.54 Å². The molecule has 22 heavy (non-hydrogen) atoms. The molecule has 1 heterocycles. The van der Waals surface area contributed by atoms with Gasteiger partial charge in [-0.2, -0.15) is 0 Å². The van der Waals surface area contributed by atoms with Crippen LogP contribution in [0.1, 0.15) is 24.5 Å². The van der Waals surface area contributed by atoms with E-state index >= 15 is 0 Å². The number of hydrogen-bond acceptors (Lipinski definition) is 3. The molecule has 1 atom stereocenters. The Morgan fingerprint density at radius 2 is 2.05 bits per heavy atom. The van der Waals surface area contributed by atoms with E-state index in [9.17, 15) is 4.79 Å². The third kappa shape index (κ3) is 5.56. The highest BCUT2D eigenvalue weighted by Gasteiger charge is 2.07. The van der Waals surface area contributed by atoms with Gasteiger partial charge in [-0.1, -0.05) is 23.8 Å². The fourth-order valence-electron chi connectivity index (χ4n) is 2.04. The molecule has 1 N–H and O–H groups in total. The van der Waals surface area contributed by atoms with Crippen LogP contribution in [0.4, 0.5) is 0 Å². The molecule has 2 rings (SSSR count). The summed E-state index contributed by atoms with van der Waals surface area (Å²) in [5.74, 6) is 0.853. The molecule has 4 nitrogen and oxygen atoms in total. The van der Waals surface area contributed by atoms with Crippen LogP contribution >= 0.6 is 0 Å². The van der Waals surface area contributed by atoms with Crippen LogP contribution in [0.15, 0.2) is 48.8 Å². The third-order valence-electron chi connectivity index (χ3n) is 3.31. The summed E-state index contributed by atoms with van der Waals surface area (Å²) in [6.45, 7) is 4.48. The Bertz CT molecular complexity index is 582. The quantitative estimate of drug-likeness (QED) is 0.855. The van der Waals surface area contributed by atoms with Crippen molar-refractivity contribution in [1.82, 2.24) is 10.3 Å². The minimum absolute atomic E-state index is 0.0307. The van der Waals surface area contributed by atoms with E-state index in [-0.39, 0.29) is 12.0 Å². The fraction of sp³-hybridized carbons (Fsp3) is 0.333. The first kappa shape index (κ1) is 16.0. The lowest BCUT2D eigenvalue weighted by Gasteiger charge is -2.15. The van der Waals surface area contributed by atoms with Gasteiger partial charge in [-0.3, -0.25) is 9.78 Å². The van der Waals surface area contributed by atoms with Crippen LogP contribution in [0, 0.1) is 6.92 Å². The Morgan fingerprint density at radius 3 is 2.73 bits per heavy atom. The van der Waals surface area contributed by atoms with Gasteiger partial charge in [0.25, 0.3) is 0 Å². The van der Waals surface area contributed by atoms with Crippen molar-refractivity contribution < 1.29 is 9.53 Å². The van der Waals surface area contributed by atoms with Crippen LogP contribution in [0.3, 0.4) is 0 Å². The molecule has 0 aliphatic heterocycles. The molecular weight excluding hydrogens is 276 g/mol. The second-order valence-corrected chi connectivity index (χ2v) is 5.41. The summed E-state index contributed by atoms with van der Waals surface area (Å²) in [5.41, 5.74) is 2.27. The van der Waals surface area contributed by atoms with E-state index in [0.717, 1.165) is 11.3 Å². The Balaban J connectivity index is 1.68. The smallest absolute Gasteiger partial charge is 0.220 e. The number of aryl methyl sites for hydroxylation is 2. The molecule has 0 bridgehead atoms. The average molecular weight is 298 g/mol. The fourth-order valence-corrected chi connectivity index (χ4v) is 2.04. The minimum Gasteiger partial charge on any atom is -0.489 e. The number of hydrogen-bond donors (Lipinski definition) is 1. The molecule has 4 heteroatoms. The summed E-state index contributed by atoms with van der Waals surface area (Å²) in [6.07, 6.45) is 4.62. The summed E-state index contributed by atoms with van der Waals surface area (Å²) >= 11 is 0. The number of aromatic nitrogens is 1. The van der Waals surface area contributed by atoms with Crippen molar-refractivity contribution in [3.63, 3.8) is 0 Å². The zero-order valence-corrected chi connectivity index (χ0v) is 13.1. The summed E-state index contributed by atoms with van der Waals surface area (Å²) in [4.78, 5) is 15.9. The van der Waals surface area contributed by atoms with Crippen LogP contribution in [0.2, 0.25) is 0 Å². The molecular formula is C18H22N2O2. The molecule has 0 aliphatic carbocycles. The van der Waals surface area contributed by atoms with Gasteiger partial charge in [0, 0.05) is 18.8 Å². The third-order valence-corrected chi connectivity index (χ3v) is 3.31. The standard InChI is InChI=1S/C18H22N2O2/c1-14-5-8-17(9-6-14)22-15(2)12-20-18(21)10-7-16-4-3-11-19-13-16/h3-6,8-9,11,13,15H,7,10,12H2,1-2H3,(H,20,21)/t15-/m0/s1.